The second-order valence-electron chi connectivity index (χ2n) is 3.67. The third kappa shape index (κ3) is 4.57. The van der Waals surface area contributed by atoms with Crippen LogP contribution in [0, 0.1) is 0 Å². The van der Waals surface area contributed by atoms with E-state index in [9.17, 15) is 4.79 Å². The minimum atomic E-state index is -0.0297. The lowest BCUT2D eigenvalue weighted by Crippen LogP contribution is -2.12. The van der Waals surface area contributed by atoms with Gasteiger partial charge in [0.1, 0.15) is 10.3 Å². The van der Waals surface area contributed by atoms with E-state index in [1.54, 1.807) is 13.2 Å². The molecule has 0 aliphatic carbocycles. The highest BCUT2D eigenvalue weighted by molar-refractivity contribution is 9.10. The van der Waals surface area contributed by atoms with Gasteiger partial charge in [0.2, 0.25) is 0 Å². The number of ether oxygens (including phenoxy) is 1. The predicted octanol–water partition coefficient (Wildman–Crippen LogP) is 1.64. The van der Waals surface area contributed by atoms with E-state index >= 15 is 0 Å². The van der Waals surface area contributed by atoms with Gasteiger partial charge in [0.25, 0.3) is 0 Å². The fourth-order valence-electron chi connectivity index (χ4n) is 1.54. The average molecular weight is 305 g/mol. The Morgan fingerprint density at radius 1 is 1.59 bits per heavy atom. The van der Waals surface area contributed by atoms with E-state index in [0.29, 0.717) is 29.9 Å². The molecule has 1 N–H and O–H groups in total. The number of aliphatic hydroxyl groups excluding tert-OH is 1. The Bertz CT molecular complexity index is 366. The Morgan fingerprint density at radius 2 is 2.35 bits per heavy atom. The molecule has 0 amide bonds. The van der Waals surface area contributed by atoms with Crippen LogP contribution in [0.1, 0.15) is 29.8 Å². The molecule has 0 aliphatic heterocycles. The van der Waals surface area contributed by atoms with Crippen molar-refractivity contribution in [1.82, 2.24) is 9.78 Å². The minimum absolute atomic E-state index is 0.0297. The fourth-order valence-corrected chi connectivity index (χ4v) is 1.94. The molecule has 0 aromatic carbocycles. The summed E-state index contributed by atoms with van der Waals surface area (Å²) >= 11 is 3.23. The number of nitrogens with zero attached hydrogens (tertiary/aromatic N) is 2. The molecular weight excluding hydrogens is 288 g/mol. The van der Waals surface area contributed by atoms with Crippen molar-refractivity contribution in [3.63, 3.8) is 0 Å². The molecular formula is C11H17BrN2O3. The number of aliphatic hydroxyl groups is 1. The molecule has 96 valence electrons. The van der Waals surface area contributed by atoms with Gasteiger partial charge < -0.3 is 9.84 Å². The van der Waals surface area contributed by atoms with Crippen molar-refractivity contribution in [2.24, 2.45) is 0 Å². The van der Waals surface area contributed by atoms with E-state index < -0.39 is 0 Å². The number of rotatable bonds is 8. The van der Waals surface area contributed by atoms with Crippen molar-refractivity contribution >= 4 is 21.7 Å². The van der Waals surface area contributed by atoms with Crippen LogP contribution in [-0.4, -0.2) is 41.0 Å². The van der Waals surface area contributed by atoms with Gasteiger partial charge in [-0.25, -0.2) is 0 Å². The number of aromatic nitrogens is 2. The van der Waals surface area contributed by atoms with Crippen LogP contribution in [-0.2, 0) is 11.3 Å². The van der Waals surface area contributed by atoms with Crippen molar-refractivity contribution in [3.8, 4) is 0 Å². The van der Waals surface area contributed by atoms with E-state index in [1.807, 2.05) is 0 Å². The van der Waals surface area contributed by atoms with E-state index in [-0.39, 0.29) is 12.4 Å². The van der Waals surface area contributed by atoms with E-state index in [1.165, 1.54) is 4.68 Å². The minimum Gasteiger partial charge on any atom is -0.394 e. The molecule has 5 nitrogen and oxygen atoms in total. The van der Waals surface area contributed by atoms with Crippen LogP contribution in [0.3, 0.4) is 0 Å². The van der Waals surface area contributed by atoms with Crippen LogP contribution in [0.2, 0.25) is 0 Å². The number of carbonyl (C=O) groups is 1. The number of hydrogen-bond donors (Lipinski definition) is 1. The topological polar surface area (TPSA) is 64.3 Å². The molecule has 6 heteroatoms. The summed E-state index contributed by atoms with van der Waals surface area (Å²) in [6.07, 6.45) is 2.15. The van der Waals surface area contributed by atoms with Crippen LogP contribution < -0.4 is 0 Å². The number of ketones is 1. The van der Waals surface area contributed by atoms with Gasteiger partial charge in [0, 0.05) is 26.2 Å². The predicted molar refractivity (Wildman–Crippen MR) is 67.1 cm³/mol. The first kappa shape index (κ1) is 14.3. The lowest BCUT2D eigenvalue weighted by atomic mass is 10.1. The molecule has 0 bridgehead atoms. The van der Waals surface area contributed by atoms with Crippen LogP contribution in [0.5, 0.6) is 0 Å². The third-order valence-electron chi connectivity index (χ3n) is 2.35. The van der Waals surface area contributed by atoms with Gasteiger partial charge in [-0.2, -0.15) is 5.10 Å². The van der Waals surface area contributed by atoms with Gasteiger partial charge >= 0.3 is 0 Å². The standard InChI is InChI=1S/C11H17BrN2O3/c1-17-7-3-2-4-10(16)9-8-11(12)13-14(9)5-6-15/h8,15H,2-7H2,1H3. The van der Waals surface area contributed by atoms with E-state index in [2.05, 4.69) is 21.0 Å². The van der Waals surface area contributed by atoms with E-state index in [4.69, 9.17) is 9.84 Å². The number of unbranched alkanes of at least 4 members (excludes halogenated alkanes) is 1. The highest BCUT2D eigenvalue weighted by Gasteiger charge is 2.13. The second-order valence-corrected chi connectivity index (χ2v) is 4.48. The van der Waals surface area contributed by atoms with Gasteiger partial charge in [-0.1, -0.05) is 0 Å². The summed E-state index contributed by atoms with van der Waals surface area (Å²) in [5.74, 6) is 0.0488. The van der Waals surface area contributed by atoms with Crippen LogP contribution >= 0.6 is 15.9 Å². The van der Waals surface area contributed by atoms with Crippen molar-refractivity contribution < 1.29 is 14.6 Å². The molecule has 0 saturated heterocycles. The Morgan fingerprint density at radius 3 is 3.00 bits per heavy atom. The summed E-state index contributed by atoms with van der Waals surface area (Å²) in [4.78, 5) is 11.9. The lowest BCUT2D eigenvalue weighted by Gasteiger charge is -2.04. The van der Waals surface area contributed by atoms with E-state index in [0.717, 1.165) is 12.8 Å². The molecule has 0 spiro atoms. The fraction of sp³-hybridized carbons (Fsp3) is 0.636. The zero-order valence-electron chi connectivity index (χ0n) is 9.86. The lowest BCUT2D eigenvalue weighted by molar-refractivity contribution is 0.0963. The van der Waals surface area contributed by atoms with Gasteiger partial charge in [-0.15, -0.1) is 0 Å². The number of Topliss-reactive ketones (excluding diaryl/α,β-unsaturated/α-hetero) is 1. The summed E-state index contributed by atoms with van der Waals surface area (Å²) in [5.41, 5.74) is 0.545. The summed E-state index contributed by atoms with van der Waals surface area (Å²) < 4.78 is 7.07. The Kier molecular flexibility index (Phi) is 6.39. The largest absolute Gasteiger partial charge is 0.394 e. The second kappa shape index (κ2) is 7.58. The first-order chi connectivity index (χ1) is 8.19. The molecule has 1 rings (SSSR count). The Hall–Kier alpha value is -0.720. The van der Waals surface area contributed by atoms with Gasteiger partial charge in [-0.05, 0) is 28.8 Å². The summed E-state index contributed by atoms with van der Waals surface area (Å²) in [5, 5.41) is 13.0. The summed E-state index contributed by atoms with van der Waals surface area (Å²) in [6, 6.07) is 1.69. The van der Waals surface area contributed by atoms with Gasteiger partial charge in [0.05, 0.1) is 13.2 Å². The molecule has 0 unspecified atom stereocenters. The maximum atomic E-state index is 11.9. The van der Waals surface area contributed by atoms with Gasteiger partial charge in [-0.3, -0.25) is 9.48 Å². The van der Waals surface area contributed by atoms with Crippen molar-refractivity contribution in [2.45, 2.75) is 25.8 Å². The highest BCUT2D eigenvalue weighted by Crippen LogP contribution is 2.14. The van der Waals surface area contributed by atoms with Crippen LogP contribution in [0.4, 0.5) is 0 Å². The summed E-state index contributed by atoms with van der Waals surface area (Å²) in [7, 11) is 1.65. The quantitative estimate of drug-likeness (QED) is 0.586. The molecule has 0 radical (unpaired) electrons. The molecule has 1 aromatic heterocycles. The maximum Gasteiger partial charge on any atom is 0.180 e. The number of hydrogen-bond acceptors (Lipinski definition) is 4. The molecule has 0 atom stereocenters. The molecule has 0 aliphatic rings. The smallest absolute Gasteiger partial charge is 0.180 e. The Balaban J connectivity index is 2.55. The highest BCUT2D eigenvalue weighted by atomic mass is 79.9. The third-order valence-corrected chi connectivity index (χ3v) is 2.74. The first-order valence-corrected chi connectivity index (χ1v) is 6.34. The normalized spacial score (nSPS) is 10.8. The zero-order chi connectivity index (χ0) is 12.7. The first-order valence-electron chi connectivity index (χ1n) is 5.55. The van der Waals surface area contributed by atoms with Crippen LogP contribution in [0.25, 0.3) is 0 Å². The Labute approximate surface area is 109 Å². The molecule has 1 heterocycles. The number of methoxy groups -OCH3 is 1. The average Bonchev–Trinajstić information content (AvgIpc) is 2.66. The molecule has 0 fully saturated rings. The van der Waals surface area contributed by atoms with Crippen LogP contribution in [0.15, 0.2) is 10.7 Å². The number of halogens is 1. The summed E-state index contributed by atoms with van der Waals surface area (Å²) in [6.45, 7) is 0.982. The molecule has 1 aromatic rings. The maximum absolute atomic E-state index is 11.9. The van der Waals surface area contributed by atoms with Gasteiger partial charge in [0.15, 0.2) is 5.78 Å². The van der Waals surface area contributed by atoms with Crippen molar-refractivity contribution in [3.05, 3.63) is 16.4 Å². The molecule has 0 saturated carbocycles. The number of carbonyl (C=O) groups excluding carboxylic acids is 1. The zero-order valence-corrected chi connectivity index (χ0v) is 11.4. The SMILES string of the molecule is COCCCCC(=O)c1cc(Br)nn1CCO. The molecule has 17 heavy (non-hydrogen) atoms. The van der Waals surface area contributed by atoms with Crippen molar-refractivity contribution in [1.29, 1.82) is 0 Å². The monoisotopic (exact) mass is 304 g/mol. The van der Waals surface area contributed by atoms with Crippen molar-refractivity contribution in [2.75, 3.05) is 20.3 Å².